The van der Waals surface area contributed by atoms with Crippen LogP contribution in [0.25, 0.3) is 0 Å². The van der Waals surface area contributed by atoms with Crippen molar-refractivity contribution in [1.29, 1.82) is 0 Å². The normalized spacial score (nSPS) is 16.1. The number of carbonyl (C=O) groups is 2. The largest absolute Gasteiger partial charge is 0.338 e. The summed E-state index contributed by atoms with van der Waals surface area (Å²) in [4.78, 5) is 25.8. The highest BCUT2D eigenvalue weighted by Gasteiger charge is 2.29. The van der Waals surface area contributed by atoms with E-state index in [2.05, 4.69) is 24.5 Å². The van der Waals surface area contributed by atoms with Gasteiger partial charge in [0.2, 0.25) is 15.9 Å². The van der Waals surface area contributed by atoms with Crippen molar-refractivity contribution in [1.82, 2.24) is 19.8 Å². The van der Waals surface area contributed by atoms with Gasteiger partial charge in [-0.15, -0.1) is 0 Å². The highest BCUT2D eigenvalue weighted by atomic mass is 32.2. The number of sulfonamides is 1. The van der Waals surface area contributed by atoms with E-state index in [0.29, 0.717) is 38.6 Å². The number of benzene rings is 1. The van der Waals surface area contributed by atoms with Crippen LogP contribution in [-0.4, -0.2) is 68.8 Å². The third-order valence-corrected chi connectivity index (χ3v) is 6.53. The fourth-order valence-electron chi connectivity index (χ4n) is 2.88. The monoisotopic (exact) mass is 410 g/mol. The Labute approximate surface area is 167 Å². The molecule has 1 aliphatic rings. The summed E-state index contributed by atoms with van der Waals surface area (Å²) in [5.41, 5.74) is 1.00. The third kappa shape index (κ3) is 6.57. The molecule has 0 bridgehead atoms. The Balaban J connectivity index is 1.78. The maximum Gasteiger partial charge on any atom is 0.321 e. The van der Waals surface area contributed by atoms with Gasteiger partial charge in [0.05, 0.1) is 11.4 Å². The van der Waals surface area contributed by atoms with Gasteiger partial charge >= 0.3 is 6.03 Å². The van der Waals surface area contributed by atoms with Gasteiger partial charge in [-0.05, 0) is 31.4 Å². The molecule has 2 N–H and O–H groups in total. The number of hydrogen-bond donors (Lipinski definition) is 2. The summed E-state index contributed by atoms with van der Waals surface area (Å²) in [6.45, 7) is 8.11. The highest BCUT2D eigenvalue weighted by molar-refractivity contribution is 7.89. The SMILES string of the molecule is Cc1ccc(S(=O)(=O)N2CCN(CC(=O)NC(=O)NCCC(C)C)CC2)cc1. The fraction of sp³-hybridized carbons (Fsp3) is 0.579. The first-order valence-corrected chi connectivity index (χ1v) is 11.0. The minimum atomic E-state index is -3.53. The number of carbonyl (C=O) groups excluding carboxylic acids is 2. The summed E-state index contributed by atoms with van der Waals surface area (Å²) in [6, 6.07) is 6.29. The van der Waals surface area contributed by atoms with Gasteiger partial charge < -0.3 is 5.32 Å². The average Bonchev–Trinajstić information content (AvgIpc) is 2.62. The molecule has 9 heteroatoms. The van der Waals surface area contributed by atoms with Crippen molar-refractivity contribution in [2.75, 3.05) is 39.3 Å². The zero-order valence-corrected chi connectivity index (χ0v) is 17.6. The first-order chi connectivity index (χ1) is 13.2. The smallest absolute Gasteiger partial charge is 0.321 e. The van der Waals surface area contributed by atoms with E-state index in [1.807, 2.05) is 11.8 Å². The van der Waals surface area contributed by atoms with E-state index in [0.717, 1.165) is 12.0 Å². The van der Waals surface area contributed by atoms with Crippen LogP contribution < -0.4 is 10.6 Å². The molecule has 1 saturated heterocycles. The van der Waals surface area contributed by atoms with E-state index in [1.54, 1.807) is 24.3 Å². The molecule has 0 spiro atoms. The molecule has 0 aliphatic carbocycles. The number of aryl methyl sites for hydroxylation is 1. The van der Waals surface area contributed by atoms with Gasteiger partial charge in [-0.25, -0.2) is 13.2 Å². The predicted octanol–water partition coefficient (Wildman–Crippen LogP) is 1.17. The van der Waals surface area contributed by atoms with Gasteiger partial charge in [0, 0.05) is 32.7 Å². The van der Waals surface area contributed by atoms with E-state index >= 15 is 0 Å². The minimum absolute atomic E-state index is 0.0655. The Kier molecular flexibility index (Phi) is 7.97. The van der Waals surface area contributed by atoms with Crippen LogP contribution >= 0.6 is 0 Å². The predicted molar refractivity (Wildman–Crippen MR) is 107 cm³/mol. The molecular weight excluding hydrogens is 380 g/mol. The standard InChI is InChI=1S/C19H30N4O4S/c1-15(2)8-9-20-19(25)21-18(24)14-22-10-12-23(13-11-22)28(26,27)17-6-4-16(3)5-7-17/h4-7,15H,8-14H2,1-3H3,(H2,20,21,24,25). The lowest BCUT2D eigenvalue weighted by atomic mass is 10.1. The van der Waals surface area contributed by atoms with Gasteiger partial charge in [-0.1, -0.05) is 31.5 Å². The summed E-state index contributed by atoms with van der Waals surface area (Å²) in [7, 11) is -3.53. The maximum absolute atomic E-state index is 12.7. The lowest BCUT2D eigenvalue weighted by molar-refractivity contribution is -0.121. The van der Waals surface area contributed by atoms with Crippen molar-refractivity contribution in [3.63, 3.8) is 0 Å². The molecule has 1 fully saturated rings. The van der Waals surface area contributed by atoms with Crippen molar-refractivity contribution in [2.24, 2.45) is 5.92 Å². The van der Waals surface area contributed by atoms with Crippen molar-refractivity contribution in [2.45, 2.75) is 32.1 Å². The summed E-state index contributed by atoms with van der Waals surface area (Å²) >= 11 is 0. The van der Waals surface area contributed by atoms with Crippen molar-refractivity contribution >= 4 is 22.0 Å². The van der Waals surface area contributed by atoms with E-state index in [1.165, 1.54) is 4.31 Å². The van der Waals surface area contributed by atoms with Gasteiger partial charge in [0.15, 0.2) is 0 Å². The Hall–Kier alpha value is -1.97. The molecular formula is C19H30N4O4S. The van der Waals surface area contributed by atoms with E-state index in [-0.39, 0.29) is 11.4 Å². The number of piperazine rings is 1. The average molecular weight is 411 g/mol. The Bertz CT molecular complexity index is 770. The lowest BCUT2D eigenvalue weighted by Gasteiger charge is -2.33. The van der Waals surface area contributed by atoms with E-state index in [9.17, 15) is 18.0 Å². The topological polar surface area (TPSA) is 98.8 Å². The van der Waals surface area contributed by atoms with Crippen LogP contribution in [0.4, 0.5) is 4.79 Å². The first kappa shape index (κ1) is 22.3. The van der Waals surface area contributed by atoms with Crippen molar-refractivity contribution in [3.05, 3.63) is 29.8 Å². The van der Waals surface area contributed by atoms with Crippen LogP contribution in [0.2, 0.25) is 0 Å². The number of nitrogens with zero attached hydrogens (tertiary/aromatic N) is 2. The van der Waals surface area contributed by atoms with Crippen LogP contribution in [0, 0.1) is 12.8 Å². The zero-order chi connectivity index (χ0) is 20.7. The molecule has 156 valence electrons. The molecule has 0 unspecified atom stereocenters. The maximum atomic E-state index is 12.7. The molecule has 0 radical (unpaired) electrons. The number of urea groups is 1. The molecule has 2 rings (SSSR count). The van der Waals surface area contributed by atoms with Crippen LogP contribution in [0.1, 0.15) is 25.8 Å². The molecule has 1 aromatic rings. The first-order valence-electron chi connectivity index (χ1n) is 9.55. The third-order valence-electron chi connectivity index (χ3n) is 4.62. The molecule has 0 saturated carbocycles. The number of rotatable bonds is 7. The van der Waals surface area contributed by atoms with Gasteiger partial charge in [0.25, 0.3) is 0 Å². The molecule has 1 aromatic carbocycles. The minimum Gasteiger partial charge on any atom is -0.338 e. The second-order valence-electron chi connectivity index (χ2n) is 7.48. The molecule has 28 heavy (non-hydrogen) atoms. The van der Waals surface area contributed by atoms with Crippen LogP contribution in [0.3, 0.4) is 0 Å². The molecule has 0 aromatic heterocycles. The summed E-state index contributed by atoms with van der Waals surface area (Å²) in [6.07, 6.45) is 0.846. The van der Waals surface area contributed by atoms with Gasteiger partial charge in [-0.2, -0.15) is 4.31 Å². The van der Waals surface area contributed by atoms with Crippen molar-refractivity contribution < 1.29 is 18.0 Å². The van der Waals surface area contributed by atoms with Crippen LogP contribution in [0.5, 0.6) is 0 Å². The Morgan fingerprint density at radius 2 is 1.68 bits per heavy atom. The lowest BCUT2D eigenvalue weighted by Crippen LogP contribution is -2.52. The molecule has 1 heterocycles. The molecule has 3 amide bonds. The second kappa shape index (κ2) is 9.99. The second-order valence-corrected chi connectivity index (χ2v) is 9.42. The fourth-order valence-corrected chi connectivity index (χ4v) is 4.30. The summed E-state index contributed by atoms with van der Waals surface area (Å²) in [5.74, 6) is 0.0837. The molecule has 1 aliphatic heterocycles. The Morgan fingerprint density at radius 1 is 1.07 bits per heavy atom. The summed E-state index contributed by atoms with van der Waals surface area (Å²) < 4.78 is 26.8. The van der Waals surface area contributed by atoms with E-state index < -0.39 is 22.0 Å². The summed E-state index contributed by atoms with van der Waals surface area (Å²) in [5, 5.41) is 4.97. The van der Waals surface area contributed by atoms with Crippen molar-refractivity contribution in [3.8, 4) is 0 Å². The molecule has 0 atom stereocenters. The number of amides is 3. The van der Waals surface area contributed by atoms with Gasteiger partial charge in [0.1, 0.15) is 0 Å². The number of nitrogens with one attached hydrogen (secondary N) is 2. The van der Waals surface area contributed by atoms with Crippen LogP contribution in [0.15, 0.2) is 29.2 Å². The number of imide groups is 1. The number of hydrogen-bond acceptors (Lipinski definition) is 5. The Morgan fingerprint density at radius 3 is 2.25 bits per heavy atom. The molecule has 8 nitrogen and oxygen atoms in total. The van der Waals surface area contributed by atoms with Gasteiger partial charge in [-0.3, -0.25) is 15.0 Å². The van der Waals surface area contributed by atoms with Crippen LogP contribution in [-0.2, 0) is 14.8 Å². The quantitative estimate of drug-likeness (QED) is 0.703. The highest BCUT2D eigenvalue weighted by Crippen LogP contribution is 2.18. The van der Waals surface area contributed by atoms with E-state index in [4.69, 9.17) is 0 Å². The zero-order valence-electron chi connectivity index (χ0n) is 16.8.